The van der Waals surface area contributed by atoms with Crippen LogP contribution in [0.2, 0.25) is 0 Å². The Morgan fingerprint density at radius 2 is 1.58 bits per heavy atom. The molecule has 0 saturated heterocycles. The van der Waals surface area contributed by atoms with Crippen molar-refractivity contribution in [2.75, 3.05) is 17.7 Å². The van der Waals surface area contributed by atoms with Crippen molar-refractivity contribution < 1.29 is 9.53 Å². The lowest BCUT2D eigenvalue weighted by Gasteiger charge is -2.16. The van der Waals surface area contributed by atoms with Crippen molar-refractivity contribution in [2.45, 2.75) is 13.0 Å². The van der Waals surface area contributed by atoms with Gasteiger partial charge in [-0.2, -0.15) is 0 Å². The minimum absolute atomic E-state index is 0.165. The fourth-order valence-electron chi connectivity index (χ4n) is 2.69. The molecule has 0 aliphatic rings. The molecule has 0 saturated carbocycles. The van der Waals surface area contributed by atoms with Gasteiger partial charge in [-0.1, -0.05) is 36.4 Å². The van der Waals surface area contributed by atoms with Gasteiger partial charge in [0.25, 0.3) is 5.91 Å². The van der Waals surface area contributed by atoms with Crippen LogP contribution in [0.1, 0.15) is 28.9 Å². The molecular formula is C22H22N2O2. The van der Waals surface area contributed by atoms with E-state index in [4.69, 9.17) is 4.74 Å². The Hall–Kier alpha value is -3.27. The summed E-state index contributed by atoms with van der Waals surface area (Å²) in [6.45, 7) is 2.12. The molecule has 3 aromatic rings. The minimum atomic E-state index is -0.165. The molecule has 1 unspecified atom stereocenters. The first kappa shape index (κ1) is 17.5. The number of ether oxygens (including phenoxy) is 1. The second kappa shape index (κ2) is 8.21. The van der Waals surface area contributed by atoms with Crippen LogP contribution in [0.15, 0.2) is 78.9 Å². The van der Waals surface area contributed by atoms with E-state index in [-0.39, 0.29) is 11.9 Å². The zero-order valence-electron chi connectivity index (χ0n) is 14.9. The fourth-order valence-corrected chi connectivity index (χ4v) is 2.69. The highest BCUT2D eigenvalue weighted by Crippen LogP contribution is 2.21. The standard InChI is InChI=1S/C22H22N2O2/c1-16(17-7-4-3-5-8-17)23-19-11-13-20(14-12-19)24-22(25)18-9-6-10-21(15-18)26-2/h3-16,23H,1-2H3,(H,24,25). The van der Waals surface area contributed by atoms with Gasteiger partial charge >= 0.3 is 0 Å². The van der Waals surface area contributed by atoms with Gasteiger partial charge in [-0.15, -0.1) is 0 Å². The number of hydrogen-bond donors (Lipinski definition) is 2. The molecule has 132 valence electrons. The molecule has 1 amide bonds. The summed E-state index contributed by atoms with van der Waals surface area (Å²) in [4.78, 5) is 12.3. The topological polar surface area (TPSA) is 50.4 Å². The van der Waals surface area contributed by atoms with Crippen molar-refractivity contribution in [1.82, 2.24) is 0 Å². The number of rotatable bonds is 6. The summed E-state index contributed by atoms with van der Waals surface area (Å²) in [7, 11) is 1.58. The number of amides is 1. The number of methoxy groups -OCH3 is 1. The molecule has 0 aliphatic heterocycles. The van der Waals surface area contributed by atoms with Crippen molar-refractivity contribution >= 4 is 17.3 Å². The lowest BCUT2D eigenvalue weighted by molar-refractivity contribution is 0.102. The highest BCUT2D eigenvalue weighted by molar-refractivity contribution is 6.04. The van der Waals surface area contributed by atoms with E-state index in [0.717, 1.165) is 11.4 Å². The first-order chi connectivity index (χ1) is 12.7. The van der Waals surface area contributed by atoms with E-state index in [2.05, 4.69) is 29.7 Å². The monoisotopic (exact) mass is 346 g/mol. The quantitative estimate of drug-likeness (QED) is 0.651. The lowest BCUT2D eigenvalue weighted by Crippen LogP contribution is -2.12. The Kier molecular flexibility index (Phi) is 5.54. The van der Waals surface area contributed by atoms with Crippen molar-refractivity contribution in [1.29, 1.82) is 0 Å². The molecule has 0 aromatic heterocycles. The van der Waals surface area contributed by atoms with Crippen molar-refractivity contribution in [3.8, 4) is 5.75 Å². The predicted molar refractivity (Wildman–Crippen MR) is 106 cm³/mol. The molecule has 0 aliphatic carbocycles. The number of carbonyl (C=O) groups is 1. The third-order valence-corrected chi connectivity index (χ3v) is 4.16. The SMILES string of the molecule is COc1cccc(C(=O)Nc2ccc(NC(C)c3ccccc3)cc2)c1. The van der Waals surface area contributed by atoms with Gasteiger partial charge < -0.3 is 15.4 Å². The summed E-state index contributed by atoms with van der Waals surface area (Å²) in [5.41, 5.74) is 3.53. The highest BCUT2D eigenvalue weighted by Gasteiger charge is 2.08. The van der Waals surface area contributed by atoms with Gasteiger partial charge in [0, 0.05) is 23.0 Å². The van der Waals surface area contributed by atoms with Crippen LogP contribution in [0.4, 0.5) is 11.4 Å². The molecule has 0 heterocycles. The molecule has 1 atom stereocenters. The first-order valence-corrected chi connectivity index (χ1v) is 8.52. The second-order valence-electron chi connectivity index (χ2n) is 6.04. The molecule has 3 aromatic carbocycles. The third-order valence-electron chi connectivity index (χ3n) is 4.16. The van der Waals surface area contributed by atoms with Gasteiger partial charge in [-0.05, 0) is 55.0 Å². The Morgan fingerprint density at radius 3 is 2.27 bits per heavy atom. The van der Waals surface area contributed by atoms with Crippen LogP contribution < -0.4 is 15.4 Å². The van der Waals surface area contributed by atoms with Crippen molar-refractivity contribution in [2.24, 2.45) is 0 Å². The molecule has 0 spiro atoms. The molecule has 0 bridgehead atoms. The first-order valence-electron chi connectivity index (χ1n) is 8.52. The molecule has 3 rings (SSSR count). The van der Waals surface area contributed by atoms with Gasteiger partial charge in [0.1, 0.15) is 5.75 Å². The third kappa shape index (κ3) is 4.42. The summed E-state index contributed by atoms with van der Waals surface area (Å²) < 4.78 is 5.16. The molecule has 0 radical (unpaired) electrons. The Balaban J connectivity index is 1.63. The number of benzene rings is 3. The van der Waals surface area contributed by atoms with E-state index in [1.54, 1.807) is 25.3 Å². The number of carbonyl (C=O) groups excluding carboxylic acids is 1. The van der Waals surface area contributed by atoms with Crippen molar-refractivity contribution in [3.63, 3.8) is 0 Å². The smallest absolute Gasteiger partial charge is 0.255 e. The van der Waals surface area contributed by atoms with E-state index < -0.39 is 0 Å². The predicted octanol–water partition coefficient (Wildman–Crippen LogP) is 5.12. The molecule has 26 heavy (non-hydrogen) atoms. The normalized spacial score (nSPS) is 11.5. The van der Waals surface area contributed by atoms with Crippen LogP contribution in [0, 0.1) is 0 Å². The highest BCUT2D eigenvalue weighted by atomic mass is 16.5. The molecule has 2 N–H and O–H groups in total. The van der Waals surface area contributed by atoms with E-state index in [9.17, 15) is 4.79 Å². The van der Waals surface area contributed by atoms with Crippen LogP contribution >= 0.6 is 0 Å². The fraction of sp³-hybridized carbons (Fsp3) is 0.136. The summed E-state index contributed by atoms with van der Waals surface area (Å²) in [5.74, 6) is 0.495. The second-order valence-corrected chi connectivity index (χ2v) is 6.04. The number of anilines is 2. The van der Waals surface area contributed by atoms with Crippen LogP contribution in [0.3, 0.4) is 0 Å². The van der Waals surface area contributed by atoms with Gasteiger partial charge in [0.15, 0.2) is 0 Å². The average molecular weight is 346 g/mol. The van der Waals surface area contributed by atoms with E-state index in [1.807, 2.05) is 48.5 Å². The van der Waals surface area contributed by atoms with Gasteiger partial charge in [0.2, 0.25) is 0 Å². The maximum atomic E-state index is 12.3. The average Bonchev–Trinajstić information content (AvgIpc) is 2.70. The van der Waals surface area contributed by atoms with Gasteiger partial charge in [-0.3, -0.25) is 4.79 Å². The zero-order chi connectivity index (χ0) is 18.4. The Morgan fingerprint density at radius 1 is 0.885 bits per heavy atom. The molecule has 4 heteroatoms. The molecule has 0 fully saturated rings. The van der Waals surface area contributed by atoms with Crippen molar-refractivity contribution in [3.05, 3.63) is 90.0 Å². The maximum Gasteiger partial charge on any atom is 0.255 e. The van der Waals surface area contributed by atoms with Crippen LogP contribution in [-0.2, 0) is 0 Å². The number of nitrogens with one attached hydrogen (secondary N) is 2. The van der Waals surface area contributed by atoms with Gasteiger partial charge in [-0.25, -0.2) is 0 Å². The van der Waals surface area contributed by atoms with Crippen LogP contribution in [0.5, 0.6) is 5.75 Å². The summed E-state index contributed by atoms with van der Waals surface area (Å²) in [6.07, 6.45) is 0. The van der Waals surface area contributed by atoms with E-state index in [1.165, 1.54) is 5.56 Å². The summed E-state index contributed by atoms with van der Waals surface area (Å²) in [6, 6.07) is 25.2. The van der Waals surface area contributed by atoms with Crippen LogP contribution in [0.25, 0.3) is 0 Å². The maximum absolute atomic E-state index is 12.3. The lowest BCUT2D eigenvalue weighted by atomic mass is 10.1. The summed E-state index contributed by atoms with van der Waals surface area (Å²) in [5, 5.41) is 6.36. The van der Waals surface area contributed by atoms with E-state index in [0.29, 0.717) is 11.3 Å². The Labute approximate surface area is 153 Å². The zero-order valence-corrected chi connectivity index (χ0v) is 14.9. The van der Waals surface area contributed by atoms with Crippen LogP contribution in [-0.4, -0.2) is 13.0 Å². The summed E-state index contributed by atoms with van der Waals surface area (Å²) >= 11 is 0. The molecule has 4 nitrogen and oxygen atoms in total. The van der Waals surface area contributed by atoms with E-state index >= 15 is 0 Å². The Bertz CT molecular complexity index is 861. The largest absolute Gasteiger partial charge is 0.497 e. The molecular weight excluding hydrogens is 324 g/mol. The number of hydrogen-bond acceptors (Lipinski definition) is 3. The van der Waals surface area contributed by atoms with Gasteiger partial charge in [0.05, 0.1) is 7.11 Å². The minimum Gasteiger partial charge on any atom is -0.497 e.